The van der Waals surface area contributed by atoms with Gasteiger partial charge in [-0.2, -0.15) is 4.31 Å². The second kappa shape index (κ2) is 9.23. The molecule has 1 amide bonds. The lowest BCUT2D eigenvalue weighted by Gasteiger charge is -2.30. The van der Waals surface area contributed by atoms with E-state index in [9.17, 15) is 13.2 Å². The summed E-state index contributed by atoms with van der Waals surface area (Å²) in [6.45, 7) is 3.37. The van der Waals surface area contributed by atoms with Gasteiger partial charge in [-0.15, -0.1) is 23.1 Å². The van der Waals surface area contributed by atoms with E-state index in [-0.39, 0.29) is 18.4 Å². The van der Waals surface area contributed by atoms with Crippen LogP contribution in [-0.2, 0) is 14.8 Å². The Labute approximate surface area is 169 Å². The highest BCUT2D eigenvalue weighted by Crippen LogP contribution is 2.26. The van der Waals surface area contributed by atoms with Gasteiger partial charge < -0.3 is 5.32 Å². The van der Waals surface area contributed by atoms with E-state index >= 15 is 0 Å². The number of aryl methyl sites for hydroxylation is 1. The average Bonchev–Trinajstić information content (AvgIpc) is 3.22. The molecule has 27 heavy (non-hydrogen) atoms. The fraction of sp³-hybridized carbons (Fsp3) is 0.421. The molecule has 1 N–H and O–H groups in total. The van der Waals surface area contributed by atoms with Crippen LogP contribution in [0.4, 0.5) is 0 Å². The number of thiophene rings is 1. The summed E-state index contributed by atoms with van der Waals surface area (Å²) in [5.74, 6) is 0.460. The van der Waals surface area contributed by atoms with Crippen molar-refractivity contribution in [3.05, 3.63) is 47.3 Å². The van der Waals surface area contributed by atoms with Crippen LogP contribution in [0.2, 0.25) is 0 Å². The van der Waals surface area contributed by atoms with Gasteiger partial charge in [0.05, 0.1) is 5.92 Å². The number of carbonyl (C=O) groups excluding carboxylic acids is 1. The number of rotatable bonds is 7. The van der Waals surface area contributed by atoms with Crippen molar-refractivity contribution in [3.63, 3.8) is 0 Å². The number of hydrogen-bond acceptors (Lipinski definition) is 5. The molecule has 1 fully saturated rings. The van der Waals surface area contributed by atoms with E-state index in [1.54, 1.807) is 29.3 Å². The zero-order valence-electron chi connectivity index (χ0n) is 15.3. The zero-order valence-corrected chi connectivity index (χ0v) is 17.7. The van der Waals surface area contributed by atoms with Crippen LogP contribution < -0.4 is 5.32 Å². The Bertz CT molecular complexity index is 849. The van der Waals surface area contributed by atoms with E-state index in [1.807, 2.05) is 0 Å². The minimum absolute atomic E-state index is 0.0504. The van der Waals surface area contributed by atoms with Crippen molar-refractivity contribution in [2.45, 2.75) is 28.9 Å². The Morgan fingerprint density at radius 2 is 2.07 bits per heavy atom. The predicted molar refractivity (Wildman–Crippen MR) is 111 cm³/mol. The van der Waals surface area contributed by atoms with E-state index in [1.165, 1.54) is 26.1 Å². The topological polar surface area (TPSA) is 66.5 Å². The monoisotopic (exact) mass is 424 g/mol. The standard InChI is InChI=1S/C19H24N2O3S3/c1-15-6-8-17(9-7-15)25-13-10-20-19(22)16-4-2-11-21(14-16)27(23,24)18-5-3-12-26-18/h3,5-9,12,16H,2,4,10-11,13-14H2,1H3,(H,20,22). The maximum Gasteiger partial charge on any atom is 0.252 e. The zero-order chi connectivity index (χ0) is 19.3. The number of hydrogen-bond donors (Lipinski definition) is 1. The number of benzene rings is 1. The summed E-state index contributed by atoms with van der Waals surface area (Å²) >= 11 is 2.92. The molecular formula is C19H24N2O3S3. The molecule has 1 aromatic carbocycles. The third-order valence-corrected chi connectivity index (χ3v) is 8.79. The van der Waals surface area contributed by atoms with Crippen molar-refractivity contribution >= 4 is 39.0 Å². The third kappa shape index (κ3) is 5.34. The lowest BCUT2D eigenvalue weighted by molar-refractivity contribution is -0.125. The van der Waals surface area contributed by atoms with Crippen LogP contribution in [0.15, 0.2) is 50.9 Å². The molecule has 1 saturated heterocycles. The second-order valence-electron chi connectivity index (χ2n) is 6.59. The largest absolute Gasteiger partial charge is 0.355 e. The van der Waals surface area contributed by atoms with Gasteiger partial charge >= 0.3 is 0 Å². The van der Waals surface area contributed by atoms with Gasteiger partial charge in [0, 0.05) is 30.3 Å². The molecule has 2 aromatic rings. The Morgan fingerprint density at radius 3 is 2.78 bits per heavy atom. The van der Waals surface area contributed by atoms with Crippen LogP contribution in [0.3, 0.4) is 0 Å². The number of nitrogens with one attached hydrogen (secondary N) is 1. The van der Waals surface area contributed by atoms with Crippen LogP contribution in [0.25, 0.3) is 0 Å². The average molecular weight is 425 g/mol. The van der Waals surface area contributed by atoms with Crippen molar-refractivity contribution in [3.8, 4) is 0 Å². The van der Waals surface area contributed by atoms with Gasteiger partial charge in [0.25, 0.3) is 10.0 Å². The summed E-state index contributed by atoms with van der Waals surface area (Å²) in [6, 6.07) is 11.7. The molecule has 0 spiro atoms. The number of carbonyl (C=O) groups is 1. The van der Waals surface area contributed by atoms with E-state index in [0.717, 1.165) is 12.2 Å². The summed E-state index contributed by atoms with van der Waals surface area (Å²) in [5.41, 5.74) is 1.23. The molecule has 0 bridgehead atoms. The summed E-state index contributed by atoms with van der Waals surface area (Å²) in [5, 5.41) is 4.72. The Kier molecular flexibility index (Phi) is 6.97. The molecule has 5 nitrogen and oxygen atoms in total. The number of thioether (sulfide) groups is 1. The first-order valence-electron chi connectivity index (χ1n) is 8.97. The molecule has 1 aromatic heterocycles. The van der Waals surface area contributed by atoms with Crippen LogP contribution in [0.5, 0.6) is 0 Å². The minimum Gasteiger partial charge on any atom is -0.355 e. The Morgan fingerprint density at radius 1 is 1.30 bits per heavy atom. The van der Waals surface area contributed by atoms with Gasteiger partial charge in [-0.3, -0.25) is 4.79 Å². The third-order valence-electron chi connectivity index (χ3n) is 4.54. The van der Waals surface area contributed by atoms with E-state index in [2.05, 4.69) is 36.5 Å². The maximum absolute atomic E-state index is 12.7. The molecule has 2 heterocycles. The van der Waals surface area contributed by atoms with Crippen molar-refractivity contribution in [2.24, 2.45) is 5.92 Å². The highest BCUT2D eigenvalue weighted by Gasteiger charge is 2.33. The molecular weight excluding hydrogens is 400 g/mol. The van der Waals surface area contributed by atoms with Gasteiger partial charge in [0.2, 0.25) is 5.91 Å². The first-order valence-corrected chi connectivity index (χ1v) is 12.3. The molecule has 1 aliphatic heterocycles. The van der Waals surface area contributed by atoms with Gasteiger partial charge in [-0.1, -0.05) is 23.8 Å². The Hall–Kier alpha value is -1.35. The number of piperidine rings is 1. The van der Waals surface area contributed by atoms with E-state index in [0.29, 0.717) is 23.7 Å². The number of nitrogens with zero attached hydrogens (tertiary/aromatic N) is 1. The Balaban J connectivity index is 1.47. The highest BCUT2D eigenvalue weighted by atomic mass is 32.2. The number of sulfonamides is 1. The van der Waals surface area contributed by atoms with Crippen LogP contribution in [0, 0.1) is 12.8 Å². The molecule has 146 valence electrons. The van der Waals surface area contributed by atoms with Crippen LogP contribution in [0.1, 0.15) is 18.4 Å². The van der Waals surface area contributed by atoms with Crippen molar-refractivity contribution in [1.82, 2.24) is 9.62 Å². The molecule has 1 aliphatic rings. The second-order valence-corrected chi connectivity index (χ2v) is 10.9. The fourth-order valence-corrected chi connectivity index (χ4v) is 6.47. The summed E-state index contributed by atoms with van der Waals surface area (Å²) < 4.78 is 27.1. The van der Waals surface area contributed by atoms with Gasteiger partial charge in [0.15, 0.2) is 0 Å². The first kappa shape index (κ1) is 20.4. The molecule has 3 rings (SSSR count). The lowest BCUT2D eigenvalue weighted by Crippen LogP contribution is -2.45. The molecule has 0 radical (unpaired) electrons. The summed E-state index contributed by atoms with van der Waals surface area (Å²) in [4.78, 5) is 13.7. The lowest BCUT2D eigenvalue weighted by atomic mass is 9.99. The van der Waals surface area contributed by atoms with Gasteiger partial charge in [-0.05, 0) is 43.3 Å². The van der Waals surface area contributed by atoms with Crippen LogP contribution in [-0.4, -0.2) is 44.0 Å². The van der Waals surface area contributed by atoms with E-state index in [4.69, 9.17) is 0 Å². The van der Waals surface area contributed by atoms with Crippen molar-refractivity contribution < 1.29 is 13.2 Å². The van der Waals surface area contributed by atoms with Crippen LogP contribution >= 0.6 is 23.1 Å². The smallest absolute Gasteiger partial charge is 0.252 e. The summed E-state index contributed by atoms with van der Waals surface area (Å²) in [7, 11) is -3.48. The molecule has 1 unspecified atom stereocenters. The molecule has 8 heteroatoms. The quantitative estimate of drug-likeness (QED) is 0.547. The first-order chi connectivity index (χ1) is 13.0. The SMILES string of the molecule is Cc1ccc(SCCNC(=O)C2CCCN(S(=O)(=O)c3cccs3)C2)cc1. The molecule has 1 atom stereocenters. The highest BCUT2D eigenvalue weighted by molar-refractivity contribution is 7.99. The van der Waals surface area contributed by atoms with Gasteiger partial charge in [0.1, 0.15) is 4.21 Å². The number of amides is 1. The fourth-order valence-electron chi connectivity index (χ4n) is 3.03. The molecule has 0 aliphatic carbocycles. The minimum atomic E-state index is -3.48. The maximum atomic E-state index is 12.7. The van der Waals surface area contributed by atoms with Crippen molar-refractivity contribution in [1.29, 1.82) is 0 Å². The predicted octanol–water partition coefficient (Wildman–Crippen LogP) is 3.37. The van der Waals surface area contributed by atoms with Crippen molar-refractivity contribution in [2.75, 3.05) is 25.4 Å². The molecule has 0 saturated carbocycles. The van der Waals surface area contributed by atoms with E-state index < -0.39 is 10.0 Å². The summed E-state index contributed by atoms with van der Waals surface area (Å²) in [6.07, 6.45) is 1.44. The van der Waals surface area contributed by atoms with Gasteiger partial charge in [-0.25, -0.2) is 8.42 Å². The normalized spacial score (nSPS) is 18.3.